The zero-order valence-electron chi connectivity index (χ0n) is 10.7. The minimum absolute atomic E-state index is 0.0163. The molecule has 20 heavy (non-hydrogen) atoms. The van der Waals surface area contributed by atoms with E-state index in [1.165, 1.54) is 12.3 Å². The summed E-state index contributed by atoms with van der Waals surface area (Å²) < 4.78 is 11.7. The van der Waals surface area contributed by atoms with Gasteiger partial charge in [0.2, 0.25) is 0 Å². The number of halogens is 1. The minimum atomic E-state index is -1.06. The van der Waals surface area contributed by atoms with Crippen LogP contribution in [0.1, 0.15) is 16.1 Å². The summed E-state index contributed by atoms with van der Waals surface area (Å²) in [5.74, 6) is 0.158. The Balaban J connectivity index is 2.08. The molecule has 104 valence electrons. The summed E-state index contributed by atoms with van der Waals surface area (Å²) in [5.41, 5.74) is 0.863. The highest BCUT2D eigenvalue weighted by atomic mass is 79.9. The van der Waals surface area contributed by atoms with Crippen LogP contribution in [0.15, 0.2) is 41.0 Å². The SMILES string of the molecule is COc1ccc(Br)cc1COc1ccc(C(=O)O)nc1. The number of pyridine rings is 1. The normalized spacial score (nSPS) is 10.1. The lowest BCUT2D eigenvalue weighted by molar-refractivity contribution is 0.0690. The van der Waals surface area contributed by atoms with Gasteiger partial charge in [0, 0.05) is 10.0 Å². The van der Waals surface area contributed by atoms with E-state index in [0.717, 1.165) is 15.8 Å². The molecule has 0 bridgehead atoms. The van der Waals surface area contributed by atoms with Crippen molar-refractivity contribution in [1.82, 2.24) is 4.98 Å². The molecule has 0 fully saturated rings. The Morgan fingerprint density at radius 2 is 2.15 bits per heavy atom. The van der Waals surface area contributed by atoms with Crippen molar-refractivity contribution in [2.75, 3.05) is 7.11 Å². The second-order valence-electron chi connectivity index (χ2n) is 3.93. The fourth-order valence-corrected chi connectivity index (χ4v) is 2.02. The molecule has 0 saturated carbocycles. The van der Waals surface area contributed by atoms with Crippen molar-refractivity contribution in [1.29, 1.82) is 0 Å². The molecule has 0 amide bonds. The fourth-order valence-electron chi connectivity index (χ4n) is 1.61. The van der Waals surface area contributed by atoms with Gasteiger partial charge >= 0.3 is 5.97 Å². The van der Waals surface area contributed by atoms with Crippen LogP contribution < -0.4 is 9.47 Å². The minimum Gasteiger partial charge on any atom is -0.496 e. The van der Waals surface area contributed by atoms with Crippen LogP contribution in [0.5, 0.6) is 11.5 Å². The third kappa shape index (κ3) is 3.48. The first kappa shape index (κ1) is 14.3. The molecule has 0 aliphatic heterocycles. The quantitative estimate of drug-likeness (QED) is 0.907. The molecular formula is C14H12BrNO4. The van der Waals surface area contributed by atoms with Crippen LogP contribution in [-0.4, -0.2) is 23.2 Å². The van der Waals surface area contributed by atoms with Crippen molar-refractivity contribution in [2.45, 2.75) is 6.61 Å². The lowest BCUT2D eigenvalue weighted by atomic mass is 10.2. The van der Waals surface area contributed by atoms with Gasteiger partial charge in [0.15, 0.2) is 0 Å². The molecule has 2 rings (SSSR count). The van der Waals surface area contributed by atoms with E-state index in [0.29, 0.717) is 12.4 Å². The lowest BCUT2D eigenvalue weighted by Gasteiger charge is -2.10. The van der Waals surface area contributed by atoms with Crippen molar-refractivity contribution in [3.63, 3.8) is 0 Å². The predicted octanol–water partition coefficient (Wildman–Crippen LogP) is 3.13. The Morgan fingerprint density at radius 3 is 2.75 bits per heavy atom. The third-order valence-corrected chi connectivity index (χ3v) is 3.09. The molecule has 0 aliphatic carbocycles. The molecule has 0 atom stereocenters. The number of methoxy groups -OCH3 is 1. The summed E-state index contributed by atoms with van der Waals surface area (Å²) in [4.78, 5) is 14.5. The van der Waals surface area contributed by atoms with Crippen molar-refractivity contribution < 1.29 is 19.4 Å². The number of carboxylic acids is 1. The summed E-state index contributed by atoms with van der Waals surface area (Å²) in [6.07, 6.45) is 1.38. The number of rotatable bonds is 5. The van der Waals surface area contributed by atoms with Crippen LogP contribution in [0.4, 0.5) is 0 Å². The van der Waals surface area contributed by atoms with Gasteiger partial charge in [-0.3, -0.25) is 0 Å². The monoisotopic (exact) mass is 337 g/mol. The van der Waals surface area contributed by atoms with Crippen LogP contribution in [0, 0.1) is 0 Å². The zero-order valence-corrected chi connectivity index (χ0v) is 12.3. The van der Waals surface area contributed by atoms with Gasteiger partial charge in [-0.25, -0.2) is 9.78 Å². The molecule has 1 aromatic carbocycles. The summed E-state index contributed by atoms with van der Waals surface area (Å²) in [6, 6.07) is 8.59. The standard InChI is InChI=1S/C14H12BrNO4/c1-19-13-5-2-10(15)6-9(13)8-20-11-3-4-12(14(17)18)16-7-11/h2-7H,8H2,1H3,(H,17,18). The summed E-state index contributed by atoms with van der Waals surface area (Å²) >= 11 is 3.39. The molecule has 0 unspecified atom stereocenters. The second-order valence-corrected chi connectivity index (χ2v) is 4.84. The maximum atomic E-state index is 10.7. The van der Waals surface area contributed by atoms with Crippen LogP contribution in [0.25, 0.3) is 0 Å². The van der Waals surface area contributed by atoms with Gasteiger partial charge in [-0.2, -0.15) is 0 Å². The van der Waals surface area contributed by atoms with E-state index in [4.69, 9.17) is 14.6 Å². The number of hydrogen-bond acceptors (Lipinski definition) is 4. The number of aromatic carboxylic acids is 1. The zero-order chi connectivity index (χ0) is 14.5. The molecule has 6 heteroatoms. The van der Waals surface area contributed by atoms with E-state index in [1.54, 1.807) is 13.2 Å². The van der Waals surface area contributed by atoms with Crippen molar-refractivity contribution >= 4 is 21.9 Å². The molecule has 0 spiro atoms. The van der Waals surface area contributed by atoms with E-state index >= 15 is 0 Å². The summed E-state index contributed by atoms with van der Waals surface area (Å²) in [6.45, 7) is 0.302. The molecule has 1 N–H and O–H groups in total. The Hall–Kier alpha value is -2.08. The highest BCUT2D eigenvalue weighted by molar-refractivity contribution is 9.10. The molecule has 1 aromatic heterocycles. The Kier molecular flexibility index (Phi) is 4.57. The van der Waals surface area contributed by atoms with E-state index < -0.39 is 5.97 Å². The van der Waals surface area contributed by atoms with Gasteiger partial charge in [0.05, 0.1) is 13.3 Å². The highest BCUT2D eigenvalue weighted by Gasteiger charge is 2.07. The molecule has 0 aliphatic rings. The average Bonchev–Trinajstić information content (AvgIpc) is 2.45. The fraction of sp³-hybridized carbons (Fsp3) is 0.143. The molecule has 0 radical (unpaired) electrons. The maximum absolute atomic E-state index is 10.7. The number of carbonyl (C=O) groups is 1. The second kappa shape index (κ2) is 6.38. The first-order chi connectivity index (χ1) is 9.60. The number of benzene rings is 1. The van der Waals surface area contributed by atoms with Gasteiger partial charge in [-0.15, -0.1) is 0 Å². The van der Waals surface area contributed by atoms with Gasteiger partial charge in [0.1, 0.15) is 23.8 Å². The van der Waals surface area contributed by atoms with Gasteiger partial charge in [0.25, 0.3) is 0 Å². The van der Waals surface area contributed by atoms with E-state index in [1.807, 2.05) is 18.2 Å². The number of ether oxygens (including phenoxy) is 2. The number of nitrogens with zero attached hydrogens (tertiary/aromatic N) is 1. The molecule has 1 heterocycles. The van der Waals surface area contributed by atoms with Crippen LogP contribution in [0.2, 0.25) is 0 Å². The van der Waals surface area contributed by atoms with Crippen LogP contribution in [-0.2, 0) is 6.61 Å². The van der Waals surface area contributed by atoms with Gasteiger partial charge in [-0.05, 0) is 30.3 Å². The van der Waals surface area contributed by atoms with Crippen molar-refractivity contribution in [3.8, 4) is 11.5 Å². The first-order valence-electron chi connectivity index (χ1n) is 5.74. The van der Waals surface area contributed by atoms with Crippen LogP contribution >= 0.6 is 15.9 Å². The number of hydrogen-bond donors (Lipinski definition) is 1. The van der Waals surface area contributed by atoms with Gasteiger partial charge < -0.3 is 14.6 Å². The Morgan fingerprint density at radius 1 is 1.35 bits per heavy atom. The first-order valence-corrected chi connectivity index (χ1v) is 6.54. The Bertz CT molecular complexity index is 613. The summed E-state index contributed by atoms with van der Waals surface area (Å²) in [7, 11) is 1.59. The maximum Gasteiger partial charge on any atom is 0.354 e. The Labute approximate surface area is 124 Å². The topological polar surface area (TPSA) is 68.7 Å². The van der Waals surface area contributed by atoms with Crippen molar-refractivity contribution in [3.05, 3.63) is 52.3 Å². The van der Waals surface area contributed by atoms with E-state index in [9.17, 15) is 4.79 Å². The van der Waals surface area contributed by atoms with Crippen LogP contribution in [0.3, 0.4) is 0 Å². The smallest absolute Gasteiger partial charge is 0.354 e. The molecule has 5 nitrogen and oxygen atoms in total. The average molecular weight is 338 g/mol. The highest BCUT2D eigenvalue weighted by Crippen LogP contribution is 2.24. The molecular weight excluding hydrogens is 326 g/mol. The van der Waals surface area contributed by atoms with E-state index in [2.05, 4.69) is 20.9 Å². The molecule has 2 aromatic rings. The lowest BCUT2D eigenvalue weighted by Crippen LogP contribution is -2.02. The number of aromatic nitrogens is 1. The van der Waals surface area contributed by atoms with Crippen molar-refractivity contribution in [2.24, 2.45) is 0 Å². The van der Waals surface area contributed by atoms with E-state index in [-0.39, 0.29) is 5.69 Å². The third-order valence-electron chi connectivity index (χ3n) is 2.59. The van der Waals surface area contributed by atoms with Gasteiger partial charge in [-0.1, -0.05) is 15.9 Å². The summed E-state index contributed by atoms with van der Waals surface area (Å²) in [5, 5.41) is 8.76. The predicted molar refractivity (Wildman–Crippen MR) is 76.2 cm³/mol. The largest absolute Gasteiger partial charge is 0.496 e. The number of carboxylic acid groups (broad SMARTS) is 1. The molecule has 0 saturated heterocycles.